The first-order valence-electron chi connectivity index (χ1n) is 8.16. The Bertz CT molecular complexity index is 714. The minimum atomic E-state index is -0.429. The van der Waals surface area contributed by atoms with Crippen molar-refractivity contribution in [3.63, 3.8) is 0 Å². The highest BCUT2D eigenvalue weighted by molar-refractivity contribution is 5.45. The summed E-state index contributed by atoms with van der Waals surface area (Å²) in [5.41, 5.74) is 4.12. The van der Waals surface area contributed by atoms with Crippen LogP contribution in [-0.2, 0) is 6.54 Å². The van der Waals surface area contributed by atoms with Gasteiger partial charge in [-0.1, -0.05) is 0 Å². The van der Waals surface area contributed by atoms with Crippen molar-refractivity contribution >= 4 is 5.69 Å². The maximum Gasteiger partial charge on any atom is 0.214 e. The van der Waals surface area contributed by atoms with E-state index in [0.29, 0.717) is 0 Å². The zero-order valence-electron chi connectivity index (χ0n) is 14.4. The molecule has 0 unspecified atom stereocenters. The van der Waals surface area contributed by atoms with Crippen LogP contribution in [0.25, 0.3) is 0 Å². The van der Waals surface area contributed by atoms with Crippen molar-refractivity contribution in [3.8, 4) is 5.75 Å². The predicted octanol–water partition coefficient (Wildman–Crippen LogP) is 2.56. The second-order valence-corrected chi connectivity index (χ2v) is 6.15. The molecule has 2 aromatic rings. The molecule has 1 aliphatic rings. The molecule has 0 N–H and O–H groups in total. The number of aromatic nitrogens is 2. The lowest BCUT2D eigenvalue weighted by Crippen LogP contribution is -2.46. The first kappa shape index (κ1) is 16.6. The first-order chi connectivity index (χ1) is 11.6. The van der Waals surface area contributed by atoms with Crippen molar-refractivity contribution in [1.82, 2.24) is 14.9 Å². The average Bonchev–Trinajstić information content (AvgIpc) is 2.59. The van der Waals surface area contributed by atoms with Crippen LogP contribution in [0.3, 0.4) is 0 Å². The van der Waals surface area contributed by atoms with E-state index in [-0.39, 0.29) is 0 Å². The molecule has 128 valence electrons. The largest absolute Gasteiger partial charge is 0.496 e. The molecule has 3 heterocycles. The molecule has 0 bridgehead atoms. The lowest BCUT2D eigenvalue weighted by molar-refractivity contribution is 0.246. The Hall–Kier alpha value is -2.21. The number of halogens is 1. The number of anilines is 1. The Morgan fingerprint density at radius 2 is 1.92 bits per heavy atom. The third-order valence-corrected chi connectivity index (χ3v) is 4.57. The molecule has 0 spiro atoms. The monoisotopic (exact) mass is 330 g/mol. The predicted molar refractivity (Wildman–Crippen MR) is 91.9 cm³/mol. The van der Waals surface area contributed by atoms with Gasteiger partial charge in [0.15, 0.2) is 0 Å². The summed E-state index contributed by atoms with van der Waals surface area (Å²) >= 11 is 0. The van der Waals surface area contributed by atoms with E-state index >= 15 is 0 Å². The summed E-state index contributed by atoms with van der Waals surface area (Å²) in [4.78, 5) is 12.8. The van der Waals surface area contributed by atoms with Gasteiger partial charge in [-0.25, -0.2) is 4.98 Å². The smallest absolute Gasteiger partial charge is 0.214 e. The highest BCUT2D eigenvalue weighted by atomic mass is 19.1. The summed E-state index contributed by atoms with van der Waals surface area (Å²) in [6.45, 7) is 8.44. The standard InChI is InChI=1S/C18H23FN4O/c1-13-11-21-16(14(2)18(13)24-3)12-22-6-8-23(9-7-22)15-4-5-20-17(19)10-15/h4-5,10-11H,6-9,12H2,1-3H3. The molecular weight excluding hydrogens is 307 g/mol. The molecular formula is C18H23FN4O. The van der Waals surface area contributed by atoms with Gasteiger partial charge >= 0.3 is 0 Å². The quantitative estimate of drug-likeness (QED) is 0.806. The van der Waals surface area contributed by atoms with E-state index in [1.807, 2.05) is 19.2 Å². The van der Waals surface area contributed by atoms with Crippen LogP contribution >= 0.6 is 0 Å². The van der Waals surface area contributed by atoms with Gasteiger partial charge in [-0.05, 0) is 19.9 Å². The van der Waals surface area contributed by atoms with Crippen LogP contribution in [0.4, 0.5) is 10.1 Å². The minimum absolute atomic E-state index is 0.429. The average molecular weight is 330 g/mol. The Labute approximate surface area is 142 Å². The lowest BCUT2D eigenvalue weighted by atomic mass is 10.1. The van der Waals surface area contributed by atoms with Gasteiger partial charge in [0.2, 0.25) is 5.95 Å². The van der Waals surface area contributed by atoms with Gasteiger partial charge in [0.25, 0.3) is 0 Å². The van der Waals surface area contributed by atoms with Crippen molar-refractivity contribution in [2.75, 3.05) is 38.2 Å². The van der Waals surface area contributed by atoms with Gasteiger partial charge in [0.1, 0.15) is 5.75 Å². The van der Waals surface area contributed by atoms with Gasteiger partial charge in [-0.2, -0.15) is 4.39 Å². The molecule has 1 saturated heterocycles. The van der Waals surface area contributed by atoms with Crippen LogP contribution < -0.4 is 9.64 Å². The van der Waals surface area contributed by atoms with Crippen molar-refractivity contribution in [2.45, 2.75) is 20.4 Å². The number of methoxy groups -OCH3 is 1. The van der Waals surface area contributed by atoms with Crippen LogP contribution in [-0.4, -0.2) is 48.2 Å². The number of nitrogens with zero attached hydrogens (tertiary/aromatic N) is 4. The summed E-state index contributed by atoms with van der Waals surface area (Å²) in [5, 5.41) is 0. The molecule has 0 saturated carbocycles. The lowest BCUT2D eigenvalue weighted by Gasteiger charge is -2.36. The fourth-order valence-electron chi connectivity index (χ4n) is 3.20. The molecule has 1 aliphatic heterocycles. The number of hydrogen-bond acceptors (Lipinski definition) is 5. The van der Waals surface area contributed by atoms with Crippen LogP contribution in [0.15, 0.2) is 24.5 Å². The molecule has 0 aliphatic carbocycles. The number of pyridine rings is 2. The summed E-state index contributed by atoms with van der Waals surface area (Å²) in [7, 11) is 1.70. The fourth-order valence-corrected chi connectivity index (χ4v) is 3.20. The van der Waals surface area contributed by atoms with Crippen molar-refractivity contribution in [1.29, 1.82) is 0 Å². The number of rotatable bonds is 4. The third-order valence-electron chi connectivity index (χ3n) is 4.57. The minimum Gasteiger partial charge on any atom is -0.496 e. The Morgan fingerprint density at radius 3 is 2.58 bits per heavy atom. The van der Waals surface area contributed by atoms with E-state index in [1.54, 1.807) is 7.11 Å². The highest BCUT2D eigenvalue weighted by Crippen LogP contribution is 2.25. The van der Waals surface area contributed by atoms with Crippen LogP contribution in [0.2, 0.25) is 0 Å². The Morgan fingerprint density at radius 1 is 1.17 bits per heavy atom. The van der Waals surface area contributed by atoms with Crippen molar-refractivity contribution in [3.05, 3.63) is 47.3 Å². The summed E-state index contributed by atoms with van der Waals surface area (Å²) in [6, 6.07) is 3.35. The molecule has 6 heteroatoms. The molecule has 5 nitrogen and oxygen atoms in total. The summed E-state index contributed by atoms with van der Waals surface area (Å²) in [6.07, 6.45) is 3.39. The zero-order chi connectivity index (χ0) is 17.1. The van der Waals surface area contributed by atoms with Gasteiger partial charge < -0.3 is 9.64 Å². The molecule has 1 fully saturated rings. The summed E-state index contributed by atoms with van der Waals surface area (Å²) < 4.78 is 18.7. The fraction of sp³-hybridized carbons (Fsp3) is 0.444. The maximum absolute atomic E-state index is 13.3. The molecule has 0 aromatic carbocycles. The van der Waals surface area contributed by atoms with E-state index in [1.165, 1.54) is 12.3 Å². The van der Waals surface area contributed by atoms with Gasteiger partial charge in [0, 0.05) is 68.0 Å². The molecule has 0 amide bonds. The van der Waals surface area contributed by atoms with Gasteiger partial charge in [-0.15, -0.1) is 0 Å². The molecule has 3 rings (SSSR count). The molecule has 24 heavy (non-hydrogen) atoms. The number of piperazine rings is 1. The Kier molecular flexibility index (Phi) is 4.94. The van der Waals surface area contributed by atoms with Crippen LogP contribution in [0.1, 0.15) is 16.8 Å². The zero-order valence-corrected chi connectivity index (χ0v) is 14.4. The Balaban J connectivity index is 1.64. The number of ether oxygens (including phenoxy) is 1. The molecule has 0 atom stereocenters. The maximum atomic E-state index is 13.3. The van der Waals surface area contributed by atoms with Crippen LogP contribution in [0.5, 0.6) is 5.75 Å². The summed E-state index contributed by atoms with van der Waals surface area (Å²) in [5.74, 6) is 0.493. The normalized spacial score (nSPS) is 15.6. The van der Waals surface area contributed by atoms with Crippen molar-refractivity contribution < 1.29 is 9.13 Å². The topological polar surface area (TPSA) is 41.5 Å². The van der Waals surface area contributed by atoms with E-state index in [2.05, 4.69) is 26.7 Å². The van der Waals surface area contributed by atoms with Gasteiger partial charge in [0.05, 0.1) is 12.8 Å². The number of aryl methyl sites for hydroxylation is 1. The van der Waals surface area contributed by atoms with Gasteiger partial charge in [-0.3, -0.25) is 9.88 Å². The third kappa shape index (κ3) is 3.48. The van der Waals surface area contributed by atoms with E-state index in [0.717, 1.165) is 61.0 Å². The first-order valence-corrected chi connectivity index (χ1v) is 8.16. The highest BCUT2D eigenvalue weighted by Gasteiger charge is 2.19. The van der Waals surface area contributed by atoms with E-state index in [9.17, 15) is 4.39 Å². The van der Waals surface area contributed by atoms with E-state index in [4.69, 9.17) is 4.74 Å². The second-order valence-electron chi connectivity index (χ2n) is 6.15. The molecule has 2 aromatic heterocycles. The SMILES string of the molecule is COc1c(C)cnc(CN2CCN(c3ccnc(F)c3)CC2)c1C. The van der Waals surface area contributed by atoms with Crippen LogP contribution in [0, 0.1) is 19.8 Å². The van der Waals surface area contributed by atoms with E-state index < -0.39 is 5.95 Å². The molecule has 0 radical (unpaired) electrons. The number of hydrogen-bond donors (Lipinski definition) is 0. The second kappa shape index (κ2) is 7.13. The van der Waals surface area contributed by atoms with Crippen molar-refractivity contribution in [2.24, 2.45) is 0 Å².